The monoisotopic (exact) mass is 501 g/mol. The van der Waals surface area contributed by atoms with Gasteiger partial charge >= 0.3 is 0 Å². The molecule has 1 aliphatic carbocycles. The molecule has 37 heavy (non-hydrogen) atoms. The van der Waals surface area contributed by atoms with E-state index in [4.69, 9.17) is 0 Å². The summed E-state index contributed by atoms with van der Waals surface area (Å²) in [6.45, 7) is 8.24. The molecule has 2 saturated heterocycles. The van der Waals surface area contributed by atoms with E-state index >= 15 is 0 Å². The Kier molecular flexibility index (Phi) is 7.07. The van der Waals surface area contributed by atoms with Gasteiger partial charge in [0.05, 0.1) is 11.1 Å². The normalized spacial score (nSPS) is 23.2. The minimum atomic E-state index is -0.155. The van der Waals surface area contributed by atoms with E-state index in [1.807, 2.05) is 24.3 Å². The van der Waals surface area contributed by atoms with Crippen LogP contribution in [-0.2, 0) is 6.54 Å². The van der Waals surface area contributed by atoms with E-state index in [1.165, 1.54) is 23.8 Å². The molecule has 1 aromatic heterocycles. The Morgan fingerprint density at radius 2 is 1.76 bits per heavy atom. The maximum atomic E-state index is 13.9. The number of unbranched alkanes of at least 4 members (excludes halogenated alkanes) is 1. The fourth-order valence-electron chi connectivity index (χ4n) is 6.95. The number of para-hydroxylation sites is 1. The summed E-state index contributed by atoms with van der Waals surface area (Å²) in [6.07, 6.45) is 9.33. The molecule has 4 nitrogen and oxygen atoms in total. The summed E-state index contributed by atoms with van der Waals surface area (Å²) in [7, 11) is 0. The van der Waals surface area contributed by atoms with E-state index in [2.05, 4.69) is 39.6 Å². The number of amides is 1. The number of benzene rings is 2. The molecule has 2 aliphatic heterocycles. The fourth-order valence-corrected chi connectivity index (χ4v) is 6.95. The predicted octanol–water partition coefficient (Wildman–Crippen LogP) is 6.56. The highest BCUT2D eigenvalue weighted by Crippen LogP contribution is 2.45. The lowest BCUT2D eigenvalue weighted by Gasteiger charge is -2.34. The number of nitrogens with zero attached hydrogens (tertiary/aromatic N) is 3. The molecule has 1 saturated carbocycles. The Morgan fingerprint density at radius 1 is 0.973 bits per heavy atom. The summed E-state index contributed by atoms with van der Waals surface area (Å²) in [5.41, 5.74) is 3.25. The molecule has 2 unspecified atom stereocenters. The van der Waals surface area contributed by atoms with Gasteiger partial charge in [-0.1, -0.05) is 37.6 Å². The van der Waals surface area contributed by atoms with Crippen molar-refractivity contribution in [1.29, 1.82) is 0 Å². The molecule has 3 aliphatic rings. The number of halogens is 1. The maximum absolute atomic E-state index is 13.9. The van der Waals surface area contributed by atoms with Gasteiger partial charge in [0.2, 0.25) is 0 Å². The largest absolute Gasteiger partial charge is 0.347 e. The number of carbonyl (C=O) groups excluding carboxylic acids is 1. The lowest BCUT2D eigenvalue weighted by Crippen LogP contribution is -2.39. The standard InChI is InChI=1S/C32H40FN3O/c1-2-3-16-35-19-15-26-5-4-6-29(31(26)35)32(37)36-21-27(30(22-36)25-7-8-25)20-34-17-13-24(14-18-34)23-9-11-28(33)12-10-23/h4-6,9-12,15,19,24-25,27,30H,2-3,7-8,13-14,16-18,20-22H2,1H3. The highest BCUT2D eigenvalue weighted by Gasteiger charge is 2.44. The van der Waals surface area contributed by atoms with Crippen molar-refractivity contribution in [2.24, 2.45) is 17.8 Å². The lowest BCUT2D eigenvalue weighted by molar-refractivity contribution is 0.0781. The number of piperidine rings is 1. The van der Waals surface area contributed by atoms with Gasteiger partial charge < -0.3 is 14.4 Å². The molecule has 5 heteroatoms. The second-order valence-corrected chi connectivity index (χ2v) is 11.7. The highest BCUT2D eigenvalue weighted by molar-refractivity contribution is 6.06. The van der Waals surface area contributed by atoms with Crippen LogP contribution in [-0.4, -0.2) is 53.0 Å². The van der Waals surface area contributed by atoms with Crippen molar-refractivity contribution in [1.82, 2.24) is 14.4 Å². The van der Waals surface area contributed by atoms with Gasteiger partial charge in [-0.05, 0) is 98.7 Å². The van der Waals surface area contributed by atoms with Crippen molar-refractivity contribution in [3.05, 3.63) is 71.7 Å². The van der Waals surface area contributed by atoms with Gasteiger partial charge in [0.1, 0.15) is 5.82 Å². The molecule has 3 heterocycles. The first-order valence-corrected chi connectivity index (χ1v) is 14.5. The Labute approximate surface area is 220 Å². The Balaban J connectivity index is 1.13. The zero-order chi connectivity index (χ0) is 25.4. The van der Waals surface area contributed by atoms with Crippen LogP contribution in [0.3, 0.4) is 0 Å². The number of fused-ring (bicyclic) bond motifs is 1. The van der Waals surface area contributed by atoms with Crippen molar-refractivity contribution in [2.75, 3.05) is 32.7 Å². The van der Waals surface area contributed by atoms with Gasteiger partial charge in [0, 0.05) is 37.8 Å². The summed E-state index contributed by atoms with van der Waals surface area (Å²) in [5.74, 6) is 2.57. The van der Waals surface area contributed by atoms with Crippen LogP contribution in [0.4, 0.5) is 4.39 Å². The van der Waals surface area contributed by atoms with Crippen LogP contribution in [0.2, 0.25) is 0 Å². The Hall–Kier alpha value is -2.66. The number of hydrogen-bond donors (Lipinski definition) is 0. The number of hydrogen-bond acceptors (Lipinski definition) is 2. The zero-order valence-corrected chi connectivity index (χ0v) is 22.1. The Bertz CT molecular complexity index is 1220. The van der Waals surface area contributed by atoms with E-state index in [1.54, 1.807) is 12.1 Å². The predicted molar refractivity (Wildman–Crippen MR) is 147 cm³/mol. The number of carbonyl (C=O) groups is 1. The van der Waals surface area contributed by atoms with Crippen LogP contribution in [0, 0.1) is 23.6 Å². The summed E-state index contributed by atoms with van der Waals surface area (Å²) in [5, 5.41) is 1.17. The minimum absolute atomic E-state index is 0.155. The molecular weight excluding hydrogens is 461 g/mol. The zero-order valence-electron chi connectivity index (χ0n) is 22.1. The lowest BCUT2D eigenvalue weighted by atomic mass is 9.87. The molecule has 0 bridgehead atoms. The Morgan fingerprint density at radius 3 is 2.49 bits per heavy atom. The smallest absolute Gasteiger partial charge is 0.256 e. The average Bonchev–Trinajstić information content (AvgIpc) is 3.55. The van der Waals surface area contributed by atoms with Gasteiger partial charge in [-0.25, -0.2) is 4.39 Å². The summed E-state index contributed by atoms with van der Waals surface area (Å²) < 4.78 is 15.6. The van der Waals surface area contributed by atoms with E-state index in [-0.39, 0.29) is 11.7 Å². The van der Waals surface area contributed by atoms with Gasteiger partial charge in [-0.3, -0.25) is 4.79 Å². The first-order valence-electron chi connectivity index (χ1n) is 14.5. The summed E-state index contributed by atoms with van der Waals surface area (Å²) >= 11 is 0. The third-order valence-corrected chi connectivity index (χ3v) is 9.20. The first-order chi connectivity index (χ1) is 18.1. The van der Waals surface area contributed by atoms with Crippen molar-refractivity contribution >= 4 is 16.8 Å². The molecule has 2 atom stereocenters. The van der Waals surface area contributed by atoms with Crippen molar-refractivity contribution in [3.63, 3.8) is 0 Å². The molecular formula is C32H40FN3O. The second kappa shape index (κ2) is 10.6. The van der Waals surface area contributed by atoms with Crippen molar-refractivity contribution in [2.45, 2.75) is 57.9 Å². The van der Waals surface area contributed by atoms with Crippen molar-refractivity contribution in [3.8, 4) is 0 Å². The third kappa shape index (κ3) is 5.20. The van der Waals surface area contributed by atoms with Crippen molar-refractivity contribution < 1.29 is 9.18 Å². The van der Waals surface area contributed by atoms with E-state index in [0.717, 1.165) is 81.9 Å². The maximum Gasteiger partial charge on any atom is 0.256 e. The van der Waals surface area contributed by atoms with Crippen LogP contribution in [0.5, 0.6) is 0 Å². The van der Waals surface area contributed by atoms with E-state index < -0.39 is 0 Å². The summed E-state index contributed by atoms with van der Waals surface area (Å²) in [4.78, 5) is 18.7. The van der Waals surface area contributed by atoms with Crippen LogP contribution < -0.4 is 0 Å². The first kappa shape index (κ1) is 24.7. The fraction of sp³-hybridized carbons (Fsp3) is 0.531. The van der Waals surface area contributed by atoms with Gasteiger partial charge in [-0.15, -0.1) is 0 Å². The van der Waals surface area contributed by atoms with E-state index in [9.17, 15) is 9.18 Å². The molecule has 3 aromatic rings. The van der Waals surface area contributed by atoms with Crippen LogP contribution in [0.1, 0.15) is 67.3 Å². The van der Waals surface area contributed by atoms with Crippen LogP contribution >= 0.6 is 0 Å². The number of rotatable bonds is 8. The molecule has 2 aromatic carbocycles. The van der Waals surface area contributed by atoms with Gasteiger partial charge in [-0.2, -0.15) is 0 Å². The highest BCUT2D eigenvalue weighted by atomic mass is 19.1. The molecule has 3 fully saturated rings. The van der Waals surface area contributed by atoms with Gasteiger partial charge in [0.15, 0.2) is 0 Å². The molecule has 0 radical (unpaired) electrons. The molecule has 196 valence electrons. The second-order valence-electron chi connectivity index (χ2n) is 11.7. The molecule has 6 rings (SSSR count). The van der Waals surface area contributed by atoms with Gasteiger partial charge in [0.25, 0.3) is 5.91 Å². The topological polar surface area (TPSA) is 28.5 Å². The van der Waals surface area contributed by atoms with E-state index in [0.29, 0.717) is 17.8 Å². The minimum Gasteiger partial charge on any atom is -0.347 e. The number of likely N-dealkylation sites (tertiary alicyclic amines) is 2. The molecule has 0 N–H and O–H groups in total. The van der Waals surface area contributed by atoms with Crippen LogP contribution in [0.15, 0.2) is 54.7 Å². The average molecular weight is 502 g/mol. The quantitative estimate of drug-likeness (QED) is 0.350. The van der Waals surface area contributed by atoms with Crippen LogP contribution in [0.25, 0.3) is 10.9 Å². The SMILES string of the molecule is CCCCn1ccc2cccc(C(=O)N3CC(CN4CCC(c5ccc(F)cc5)CC4)C(C4CC4)C3)c21. The number of aromatic nitrogens is 1. The number of aryl methyl sites for hydroxylation is 1. The third-order valence-electron chi connectivity index (χ3n) is 9.20. The summed E-state index contributed by atoms with van der Waals surface area (Å²) in [6, 6.07) is 15.4. The molecule has 1 amide bonds. The molecule has 0 spiro atoms.